The summed E-state index contributed by atoms with van der Waals surface area (Å²) in [4.78, 5) is 4.33. The Morgan fingerprint density at radius 1 is 1.15 bits per heavy atom. The summed E-state index contributed by atoms with van der Waals surface area (Å²) in [6.07, 6.45) is 0.207. The third-order valence-corrected chi connectivity index (χ3v) is 7.36. The van der Waals surface area contributed by atoms with Crippen molar-refractivity contribution in [1.29, 1.82) is 0 Å². The molecule has 0 saturated carbocycles. The Balaban J connectivity index is 1.82. The molecule has 33 heavy (non-hydrogen) atoms. The van der Waals surface area contributed by atoms with E-state index in [0.717, 1.165) is 22.1 Å². The van der Waals surface area contributed by atoms with Gasteiger partial charge in [-0.1, -0.05) is 35.5 Å². The van der Waals surface area contributed by atoms with E-state index in [-0.39, 0.29) is 12.1 Å². The van der Waals surface area contributed by atoms with Crippen molar-refractivity contribution >= 4 is 38.3 Å². The summed E-state index contributed by atoms with van der Waals surface area (Å²) in [5, 5.41) is 5.23. The average Bonchev–Trinajstić information content (AvgIpc) is 3.18. The maximum atomic E-state index is 14.6. The van der Waals surface area contributed by atoms with Gasteiger partial charge in [0, 0.05) is 28.7 Å². The summed E-state index contributed by atoms with van der Waals surface area (Å²) in [5.74, 6) is -0.411. The van der Waals surface area contributed by atoms with E-state index in [2.05, 4.69) is 30.8 Å². The number of hydrogen-bond donors (Lipinski definition) is 1. The van der Waals surface area contributed by atoms with Gasteiger partial charge in [0.05, 0.1) is 11.7 Å². The lowest BCUT2D eigenvalue weighted by molar-refractivity contribution is 0.459. The lowest BCUT2D eigenvalue weighted by atomic mass is 9.94. The minimum atomic E-state index is -1.39. The second kappa shape index (κ2) is 9.54. The van der Waals surface area contributed by atoms with Gasteiger partial charge in [-0.15, -0.1) is 4.72 Å². The highest BCUT2D eigenvalue weighted by molar-refractivity contribution is 9.10. The normalized spacial score (nSPS) is 13.9. The van der Waals surface area contributed by atoms with E-state index in [1.165, 1.54) is 6.07 Å². The van der Waals surface area contributed by atoms with Gasteiger partial charge in [0.15, 0.2) is 5.58 Å². The molecule has 4 rings (SSSR count). The average molecular weight is 530 g/mol. The molecule has 0 fully saturated rings. The number of halogens is 2. The molecule has 2 aromatic carbocycles. The summed E-state index contributed by atoms with van der Waals surface area (Å²) in [6.45, 7) is 7.68. The number of nitrogens with one attached hydrogen (secondary N) is 1. The van der Waals surface area contributed by atoms with Crippen molar-refractivity contribution in [2.24, 2.45) is 0 Å². The molecule has 0 saturated heterocycles. The molecule has 172 valence electrons. The Bertz CT molecular complexity index is 1290. The predicted molar refractivity (Wildman–Crippen MR) is 134 cm³/mol. The number of aryl methyl sites for hydroxylation is 1. The van der Waals surface area contributed by atoms with Crippen LogP contribution in [0.5, 0.6) is 0 Å². The van der Waals surface area contributed by atoms with Crippen LogP contribution in [0.2, 0.25) is 0 Å². The summed E-state index contributed by atoms with van der Waals surface area (Å²) in [7, 11) is 0. The Hall–Kier alpha value is -2.26. The number of rotatable bonds is 6. The van der Waals surface area contributed by atoms with Crippen molar-refractivity contribution in [3.8, 4) is 11.3 Å². The van der Waals surface area contributed by atoms with Gasteiger partial charge in [-0.3, -0.25) is 0 Å². The van der Waals surface area contributed by atoms with Crippen LogP contribution in [0.1, 0.15) is 43.6 Å². The molecule has 0 amide bonds. The van der Waals surface area contributed by atoms with E-state index in [0.29, 0.717) is 15.9 Å². The monoisotopic (exact) mass is 529 g/mol. The number of aromatic nitrogens is 2. The molecular formula is C25H25BrFN3O2S. The van der Waals surface area contributed by atoms with Gasteiger partial charge < -0.3 is 9.08 Å². The molecule has 4 aromatic rings. The van der Waals surface area contributed by atoms with Crippen molar-refractivity contribution in [1.82, 2.24) is 14.9 Å². The van der Waals surface area contributed by atoms with Crippen LogP contribution >= 0.6 is 15.9 Å². The highest BCUT2D eigenvalue weighted by Crippen LogP contribution is 2.35. The zero-order valence-corrected chi connectivity index (χ0v) is 21.3. The third-order valence-electron chi connectivity index (χ3n) is 5.31. The summed E-state index contributed by atoms with van der Waals surface area (Å²) < 4.78 is 36.6. The van der Waals surface area contributed by atoms with Gasteiger partial charge >= 0.3 is 0 Å². The topological polar surface area (TPSA) is 74.0 Å². The van der Waals surface area contributed by atoms with Crippen LogP contribution in [0.4, 0.5) is 4.39 Å². The lowest BCUT2D eigenvalue weighted by Gasteiger charge is -2.29. The van der Waals surface area contributed by atoms with Crippen molar-refractivity contribution in [3.63, 3.8) is 0 Å². The molecule has 1 N–H and O–H groups in total. The first-order chi connectivity index (χ1) is 15.6. The maximum absolute atomic E-state index is 14.6. The van der Waals surface area contributed by atoms with Gasteiger partial charge in [0.1, 0.15) is 20.9 Å². The first kappa shape index (κ1) is 23.9. The van der Waals surface area contributed by atoms with Crippen molar-refractivity contribution < 1.29 is 13.5 Å². The lowest BCUT2D eigenvalue weighted by Crippen LogP contribution is -2.42. The summed E-state index contributed by atoms with van der Waals surface area (Å²) in [5.41, 5.74) is 4.42. The van der Waals surface area contributed by atoms with Crippen molar-refractivity contribution in [2.75, 3.05) is 0 Å². The molecule has 8 heteroatoms. The molecule has 0 spiro atoms. The van der Waals surface area contributed by atoms with Crippen LogP contribution < -0.4 is 4.72 Å². The van der Waals surface area contributed by atoms with E-state index < -0.39 is 28.0 Å². The van der Waals surface area contributed by atoms with Gasteiger partial charge in [-0.25, -0.2) is 9.37 Å². The van der Waals surface area contributed by atoms with Crippen LogP contribution in [-0.4, -0.2) is 19.4 Å². The number of hydrogen-bond acceptors (Lipinski definition) is 5. The fourth-order valence-corrected chi connectivity index (χ4v) is 4.74. The molecule has 5 nitrogen and oxygen atoms in total. The highest BCUT2D eigenvalue weighted by atomic mass is 79.9. The molecule has 1 unspecified atom stereocenters. The zero-order chi connectivity index (χ0) is 23.8. The molecule has 0 bridgehead atoms. The number of benzene rings is 2. The predicted octanol–water partition coefficient (Wildman–Crippen LogP) is 6.44. The standard InChI is InChI=1S/C25H25BrFN3O2S/c1-15-9-10-18-22(13-15)32-29-24(18)17-8-6-5-7-16(17)20(30-33(31)25(2,3)4)14-21-19(27)11-12-23(26)28-21/h5-13,20,30H,14H2,1-4H3/t20?,33-/m0/s1. The fraction of sp³-hybridized carbons (Fsp3) is 0.280. The van der Waals surface area contributed by atoms with Gasteiger partial charge in [0.2, 0.25) is 0 Å². The molecule has 0 aliphatic heterocycles. The molecule has 0 aliphatic carbocycles. The van der Waals surface area contributed by atoms with Gasteiger partial charge in [0.25, 0.3) is 0 Å². The highest BCUT2D eigenvalue weighted by Gasteiger charge is 2.32. The molecule has 2 heterocycles. The molecule has 0 aliphatic rings. The Labute approximate surface area is 204 Å². The Kier molecular flexibility index (Phi) is 6.91. The second-order valence-corrected chi connectivity index (χ2v) is 11.7. The van der Waals surface area contributed by atoms with Crippen LogP contribution in [0.15, 0.2) is 63.7 Å². The molecular weight excluding hydrogens is 505 g/mol. The number of fused-ring (bicyclic) bond motifs is 1. The minimum Gasteiger partial charge on any atom is -0.598 e. The van der Waals surface area contributed by atoms with E-state index in [9.17, 15) is 8.94 Å². The van der Waals surface area contributed by atoms with Crippen molar-refractivity contribution in [2.45, 2.75) is 44.9 Å². The molecule has 2 aromatic heterocycles. The maximum Gasteiger partial charge on any atom is 0.167 e. The third kappa shape index (κ3) is 5.30. The Morgan fingerprint density at radius 3 is 2.67 bits per heavy atom. The number of nitrogens with zero attached hydrogens (tertiary/aromatic N) is 2. The first-order valence-corrected chi connectivity index (χ1v) is 12.5. The first-order valence-electron chi connectivity index (χ1n) is 10.6. The Morgan fingerprint density at radius 2 is 1.91 bits per heavy atom. The fourth-order valence-electron chi connectivity index (χ4n) is 3.57. The SMILES string of the molecule is Cc1ccc2c(-c3ccccc3C(Cc3nc(Br)ccc3F)N[S@@+]([O-])C(C)(C)C)noc2c1. The quantitative estimate of drug-likeness (QED) is 0.230. The second-order valence-electron chi connectivity index (χ2n) is 8.94. The smallest absolute Gasteiger partial charge is 0.167 e. The minimum absolute atomic E-state index is 0.207. The number of pyridine rings is 1. The summed E-state index contributed by atoms with van der Waals surface area (Å²) in [6, 6.07) is 16.1. The van der Waals surface area contributed by atoms with Crippen molar-refractivity contribution in [3.05, 3.63) is 81.8 Å². The largest absolute Gasteiger partial charge is 0.598 e. The van der Waals surface area contributed by atoms with E-state index in [4.69, 9.17) is 4.52 Å². The van der Waals surface area contributed by atoms with E-state index in [1.807, 2.05) is 70.2 Å². The van der Waals surface area contributed by atoms with E-state index in [1.54, 1.807) is 6.07 Å². The van der Waals surface area contributed by atoms with Gasteiger partial charge in [-0.05, 0) is 79.0 Å². The molecule has 2 atom stereocenters. The van der Waals surface area contributed by atoms with Crippen LogP contribution in [0.25, 0.3) is 22.2 Å². The molecule has 0 radical (unpaired) electrons. The van der Waals surface area contributed by atoms with E-state index >= 15 is 0 Å². The van der Waals surface area contributed by atoms with Gasteiger partial charge in [-0.2, -0.15) is 0 Å². The van der Waals surface area contributed by atoms with Crippen LogP contribution in [-0.2, 0) is 17.8 Å². The zero-order valence-electron chi connectivity index (χ0n) is 18.9. The summed E-state index contributed by atoms with van der Waals surface area (Å²) >= 11 is 1.93. The van der Waals surface area contributed by atoms with Crippen LogP contribution in [0, 0.1) is 12.7 Å². The van der Waals surface area contributed by atoms with Crippen LogP contribution in [0.3, 0.4) is 0 Å².